The van der Waals surface area contributed by atoms with Crippen LogP contribution in [0, 0.1) is 17.1 Å². The average Bonchev–Trinajstić information content (AvgIpc) is 2.39. The Hall–Kier alpha value is -1.56. The molecule has 0 aliphatic rings. The van der Waals surface area contributed by atoms with Crippen molar-refractivity contribution in [2.24, 2.45) is 0 Å². The molecule has 1 aromatic rings. The molecule has 1 rings (SSSR count). The van der Waals surface area contributed by atoms with Gasteiger partial charge >= 0.3 is 0 Å². The Kier molecular flexibility index (Phi) is 6.86. The van der Waals surface area contributed by atoms with E-state index < -0.39 is 5.82 Å². The van der Waals surface area contributed by atoms with E-state index in [-0.39, 0.29) is 5.75 Å². The summed E-state index contributed by atoms with van der Waals surface area (Å²) in [6.07, 6.45) is 7.08. The first-order valence-electron chi connectivity index (χ1n) is 6.60. The van der Waals surface area contributed by atoms with Crippen LogP contribution in [0.5, 0.6) is 5.75 Å². The molecular formula is C15H20FNO. The number of unbranched alkanes of at least 4 members (excludes halogenated alkanes) is 5. The normalized spacial score (nSPS) is 10.1. The largest absolute Gasteiger partial charge is 0.491 e. The number of rotatable bonds is 8. The van der Waals surface area contributed by atoms with Gasteiger partial charge in [0.25, 0.3) is 0 Å². The van der Waals surface area contributed by atoms with Gasteiger partial charge in [0.1, 0.15) is 0 Å². The number of ether oxygens (including phenoxy) is 1. The smallest absolute Gasteiger partial charge is 0.166 e. The van der Waals surface area contributed by atoms with Gasteiger partial charge < -0.3 is 4.74 Å². The third kappa shape index (κ3) is 5.18. The maximum atomic E-state index is 13.4. The van der Waals surface area contributed by atoms with Gasteiger partial charge in [0.05, 0.1) is 18.2 Å². The van der Waals surface area contributed by atoms with Gasteiger partial charge in [0.15, 0.2) is 11.6 Å². The molecule has 1 aromatic carbocycles. The number of hydrogen-bond donors (Lipinski definition) is 0. The van der Waals surface area contributed by atoms with Gasteiger partial charge in [-0.15, -0.1) is 0 Å². The zero-order chi connectivity index (χ0) is 13.2. The van der Waals surface area contributed by atoms with Crippen LogP contribution in [-0.2, 0) is 0 Å². The Labute approximate surface area is 108 Å². The van der Waals surface area contributed by atoms with Crippen LogP contribution in [0.1, 0.15) is 51.0 Å². The zero-order valence-corrected chi connectivity index (χ0v) is 10.9. The van der Waals surface area contributed by atoms with Gasteiger partial charge in [0, 0.05) is 0 Å². The molecule has 0 N–H and O–H groups in total. The van der Waals surface area contributed by atoms with E-state index >= 15 is 0 Å². The molecule has 0 spiro atoms. The molecule has 18 heavy (non-hydrogen) atoms. The second kappa shape index (κ2) is 8.52. The van der Waals surface area contributed by atoms with Gasteiger partial charge in [0.2, 0.25) is 0 Å². The van der Waals surface area contributed by atoms with Gasteiger partial charge in [-0.1, -0.05) is 39.0 Å². The number of halogens is 1. The zero-order valence-electron chi connectivity index (χ0n) is 10.9. The summed E-state index contributed by atoms with van der Waals surface area (Å²) in [6, 6.07) is 6.19. The average molecular weight is 249 g/mol. The molecule has 98 valence electrons. The third-order valence-corrected chi connectivity index (χ3v) is 2.82. The summed E-state index contributed by atoms with van der Waals surface area (Å²) in [5.41, 5.74) is 0.319. The Balaban J connectivity index is 2.21. The van der Waals surface area contributed by atoms with Crippen molar-refractivity contribution < 1.29 is 9.13 Å². The van der Waals surface area contributed by atoms with Crippen molar-refractivity contribution in [3.8, 4) is 11.8 Å². The number of nitriles is 1. The first-order chi connectivity index (χ1) is 8.77. The molecule has 0 heterocycles. The molecule has 0 atom stereocenters. The molecule has 0 unspecified atom stereocenters. The fourth-order valence-electron chi connectivity index (χ4n) is 1.75. The minimum Gasteiger partial charge on any atom is -0.491 e. The van der Waals surface area contributed by atoms with Crippen LogP contribution in [0.3, 0.4) is 0 Å². The van der Waals surface area contributed by atoms with E-state index in [1.165, 1.54) is 37.8 Å². The van der Waals surface area contributed by atoms with Crippen molar-refractivity contribution in [3.05, 3.63) is 29.6 Å². The molecule has 0 amide bonds. The molecule has 0 aliphatic carbocycles. The maximum absolute atomic E-state index is 13.4. The Morgan fingerprint density at radius 1 is 1.17 bits per heavy atom. The molecule has 0 aliphatic heterocycles. The fourth-order valence-corrected chi connectivity index (χ4v) is 1.75. The van der Waals surface area contributed by atoms with E-state index in [0.29, 0.717) is 12.2 Å². The minimum absolute atomic E-state index is 0.238. The van der Waals surface area contributed by atoms with Gasteiger partial charge in [-0.05, 0) is 24.6 Å². The van der Waals surface area contributed by atoms with Crippen molar-refractivity contribution in [1.82, 2.24) is 0 Å². The predicted octanol–water partition coefficient (Wildman–Crippen LogP) is 4.44. The molecule has 0 radical (unpaired) electrons. The molecule has 0 aromatic heterocycles. The topological polar surface area (TPSA) is 33.0 Å². The van der Waals surface area contributed by atoms with Gasteiger partial charge in [-0.2, -0.15) is 5.26 Å². The first-order valence-corrected chi connectivity index (χ1v) is 6.60. The molecule has 0 saturated heterocycles. The van der Waals surface area contributed by atoms with Crippen LogP contribution in [0.15, 0.2) is 18.2 Å². The van der Waals surface area contributed by atoms with E-state index in [1.54, 1.807) is 6.07 Å². The second-order valence-electron chi connectivity index (χ2n) is 4.37. The third-order valence-electron chi connectivity index (χ3n) is 2.82. The lowest BCUT2D eigenvalue weighted by molar-refractivity contribution is 0.290. The first kappa shape index (κ1) is 14.5. The van der Waals surface area contributed by atoms with Crippen molar-refractivity contribution in [1.29, 1.82) is 5.26 Å². The van der Waals surface area contributed by atoms with Gasteiger partial charge in [-0.25, -0.2) is 4.39 Å². The predicted molar refractivity (Wildman–Crippen MR) is 70.0 cm³/mol. The number of nitrogens with zero attached hydrogens (tertiary/aromatic N) is 1. The summed E-state index contributed by atoms with van der Waals surface area (Å²) in [5, 5.41) is 8.61. The van der Waals surface area contributed by atoms with E-state index in [4.69, 9.17) is 10.00 Å². The van der Waals surface area contributed by atoms with Crippen molar-refractivity contribution in [3.63, 3.8) is 0 Å². The highest BCUT2D eigenvalue weighted by Gasteiger charge is 2.04. The van der Waals surface area contributed by atoms with E-state index in [9.17, 15) is 4.39 Å². The quantitative estimate of drug-likeness (QED) is 0.638. The van der Waals surface area contributed by atoms with Crippen LogP contribution < -0.4 is 4.74 Å². The van der Waals surface area contributed by atoms with Crippen molar-refractivity contribution in [2.75, 3.05) is 6.61 Å². The summed E-state index contributed by atoms with van der Waals surface area (Å²) in [4.78, 5) is 0. The highest BCUT2D eigenvalue weighted by atomic mass is 19.1. The van der Waals surface area contributed by atoms with Crippen LogP contribution >= 0.6 is 0 Å². The van der Waals surface area contributed by atoms with Crippen LogP contribution in [0.25, 0.3) is 0 Å². The monoisotopic (exact) mass is 249 g/mol. The maximum Gasteiger partial charge on any atom is 0.166 e. The molecule has 0 bridgehead atoms. The standard InChI is InChI=1S/C15H20FNO/c1-2-3-4-5-6-7-10-18-15-9-8-13(12-17)11-14(15)16/h8-9,11H,2-7,10H2,1H3. The van der Waals surface area contributed by atoms with Crippen LogP contribution in [0.4, 0.5) is 4.39 Å². The van der Waals surface area contributed by atoms with E-state index in [2.05, 4.69) is 6.92 Å². The summed E-state index contributed by atoms with van der Waals surface area (Å²) in [7, 11) is 0. The van der Waals surface area contributed by atoms with Gasteiger partial charge in [-0.3, -0.25) is 0 Å². The van der Waals surface area contributed by atoms with Crippen LogP contribution in [-0.4, -0.2) is 6.61 Å². The Morgan fingerprint density at radius 3 is 2.56 bits per heavy atom. The highest BCUT2D eigenvalue weighted by molar-refractivity contribution is 5.35. The summed E-state index contributed by atoms with van der Waals surface area (Å²) in [5.74, 6) is -0.220. The molecule has 3 heteroatoms. The number of hydrogen-bond acceptors (Lipinski definition) is 2. The molecule has 0 fully saturated rings. The Bertz CT molecular complexity index is 398. The molecule has 2 nitrogen and oxygen atoms in total. The lowest BCUT2D eigenvalue weighted by Crippen LogP contribution is -1.99. The SMILES string of the molecule is CCCCCCCCOc1ccc(C#N)cc1F. The minimum atomic E-state index is -0.458. The van der Waals surface area contributed by atoms with E-state index in [1.807, 2.05) is 6.07 Å². The molecule has 0 saturated carbocycles. The van der Waals surface area contributed by atoms with E-state index in [0.717, 1.165) is 12.8 Å². The van der Waals surface area contributed by atoms with Crippen molar-refractivity contribution in [2.45, 2.75) is 45.4 Å². The van der Waals surface area contributed by atoms with Crippen molar-refractivity contribution >= 4 is 0 Å². The lowest BCUT2D eigenvalue weighted by atomic mass is 10.1. The number of benzene rings is 1. The summed E-state index contributed by atoms with van der Waals surface area (Å²) >= 11 is 0. The van der Waals surface area contributed by atoms with Crippen LogP contribution in [0.2, 0.25) is 0 Å². The second-order valence-corrected chi connectivity index (χ2v) is 4.37. The summed E-state index contributed by atoms with van der Waals surface area (Å²) in [6.45, 7) is 2.73. The fraction of sp³-hybridized carbons (Fsp3) is 0.533. The lowest BCUT2D eigenvalue weighted by Gasteiger charge is -2.07. The highest BCUT2D eigenvalue weighted by Crippen LogP contribution is 2.18. The Morgan fingerprint density at radius 2 is 1.89 bits per heavy atom. The summed E-state index contributed by atoms with van der Waals surface area (Å²) < 4.78 is 18.8. The molecular weight excluding hydrogens is 229 g/mol.